The normalized spacial score (nSPS) is 11.1. The molecule has 5 rings (SSSR count). The molecule has 1 aromatic heterocycles. The molecule has 1 N–H and O–H groups in total. The monoisotopic (exact) mass is 416 g/mol. The van der Waals surface area contributed by atoms with Gasteiger partial charge in [0.2, 0.25) is 0 Å². The van der Waals surface area contributed by atoms with Crippen molar-refractivity contribution in [3.05, 3.63) is 107 Å². The molecule has 0 unspecified atom stereocenters. The fourth-order valence-electron chi connectivity index (χ4n) is 4.27. The van der Waals surface area contributed by atoms with Crippen LogP contribution in [0.15, 0.2) is 84.9 Å². The Morgan fingerprint density at radius 3 is 2.31 bits per heavy atom. The molecule has 3 heteroatoms. The van der Waals surface area contributed by atoms with Gasteiger partial charge >= 0.3 is 0 Å². The molecule has 0 saturated heterocycles. The molecule has 0 radical (unpaired) electrons. The van der Waals surface area contributed by atoms with Gasteiger partial charge in [-0.2, -0.15) is 0 Å². The summed E-state index contributed by atoms with van der Waals surface area (Å²) in [6.07, 6.45) is 0. The maximum absolute atomic E-state index is 13.6. The molecule has 3 nitrogen and oxygen atoms in total. The number of carbonyl (C=O) groups is 1. The lowest BCUT2D eigenvalue weighted by molar-refractivity contribution is 0.102. The Morgan fingerprint density at radius 1 is 0.750 bits per heavy atom. The van der Waals surface area contributed by atoms with Crippen LogP contribution < -0.4 is 5.32 Å². The third kappa shape index (κ3) is 3.63. The summed E-state index contributed by atoms with van der Waals surface area (Å²) in [5.74, 6) is -0.132. The number of aromatic nitrogens is 1. The molecule has 0 spiro atoms. The molecule has 0 aliphatic heterocycles. The fourth-order valence-corrected chi connectivity index (χ4v) is 4.27. The first-order valence-corrected chi connectivity index (χ1v) is 10.8. The number of anilines is 1. The maximum Gasteiger partial charge on any atom is 0.256 e. The SMILES string of the molecule is Cc1ccc(-c2cc(C(=O)Nc3cccc4ccccc34)c3cc(C)cc(C)c3n2)cc1. The predicted octanol–water partition coefficient (Wildman–Crippen LogP) is 7.23. The summed E-state index contributed by atoms with van der Waals surface area (Å²) in [4.78, 5) is 18.5. The van der Waals surface area contributed by atoms with Crippen molar-refractivity contribution < 1.29 is 4.79 Å². The van der Waals surface area contributed by atoms with E-state index in [2.05, 4.69) is 54.7 Å². The van der Waals surface area contributed by atoms with E-state index in [4.69, 9.17) is 4.98 Å². The molecule has 32 heavy (non-hydrogen) atoms. The van der Waals surface area contributed by atoms with E-state index in [-0.39, 0.29) is 5.91 Å². The van der Waals surface area contributed by atoms with Crippen LogP contribution in [0.3, 0.4) is 0 Å². The molecule has 0 aliphatic rings. The van der Waals surface area contributed by atoms with Crippen LogP contribution in [-0.2, 0) is 0 Å². The highest BCUT2D eigenvalue weighted by molar-refractivity contribution is 6.15. The lowest BCUT2D eigenvalue weighted by atomic mass is 9.99. The van der Waals surface area contributed by atoms with Crippen LogP contribution in [0.4, 0.5) is 5.69 Å². The molecule has 1 heterocycles. The van der Waals surface area contributed by atoms with Crippen LogP contribution in [0.2, 0.25) is 0 Å². The standard InChI is InChI=1S/C29H24N2O/c1-18-11-13-22(14-12-18)27-17-25(24-16-19(2)15-20(3)28(24)30-27)29(32)31-26-10-6-8-21-7-4-5-9-23(21)26/h4-17H,1-3H3,(H,31,32). The van der Waals surface area contributed by atoms with Crippen LogP contribution in [0.1, 0.15) is 27.0 Å². The first-order valence-electron chi connectivity index (χ1n) is 10.8. The Hall–Kier alpha value is -3.98. The highest BCUT2D eigenvalue weighted by atomic mass is 16.1. The molecule has 0 saturated carbocycles. The number of pyridine rings is 1. The zero-order chi connectivity index (χ0) is 22.2. The number of amides is 1. The van der Waals surface area contributed by atoms with Crippen molar-refractivity contribution >= 4 is 33.3 Å². The Morgan fingerprint density at radius 2 is 1.50 bits per heavy atom. The van der Waals surface area contributed by atoms with E-state index >= 15 is 0 Å². The molecule has 1 amide bonds. The van der Waals surface area contributed by atoms with Crippen molar-refractivity contribution in [2.45, 2.75) is 20.8 Å². The smallest absolute Gasteiger partial charge is 0.256 e. The summed E-state index contributed by atoms with van der Waals surface area (Å²) >= 11 is 0. The van der Waals surface area contributed by atoms with Crippen molar-refractivity contribution in [2.75, 3.05) is 5.32 Å². The Balaban J connectivity index is 1.67. The first kappa shape index (κ1) is 20.0. The Labute approximate surface area is 187 Å². The number of nitrogens with zero attached hydrogens (tertiary/aromatic N) is 1. The van der Waals surface area contributed by atoms with E-state index in [1.807, 2.05) is 56.3 Å². The number of aryl methyl sites for hydroxylation is 3. The van der Waals surface area contributed by atoms with E-state index in [1.165, 1.54) is 5.56 Å². The third-order valence-corrected chi connectivity index (χ3v) is 5.88. The number of fused-ring (bicyclic) bond motifs is 2. The molecule has 0 atom stereocenters. The van der Waals surface area contributed by atoms with Gasteiger partial charge in [-0.25, -0.2) is 4.98 Å². The second-order valence-corrected chi connectivity index (χ2v) is 8.38. The average molecular weight is 417 g/mol. The lowest BCUT2D eigenvalue weighted by Gasteiger charge is -2.14. The van der Waals surface area contributed by atoms with E-state index in [0.29, 0.717) is 5.56 Å². The molecular formula is C29H24N2O. The molecule has 5 aromatic rings. The van der Waals surface area contributed by atoms with Gasteiger partial charge in [0.1, 0.15) is 0 Å². The molecule has 4 aromatic carbocycles. The zero-order valence-corrected chi connectivity index (χ0v) is 18.4. The van der Waals surface area contributed by atoms with Crippen molar-refractivity contribution in [3.63, 3.8) is 0 Å². The summed E-state index contributed by atoms with van der Waals surface area (Å²) in [7, 11) is 0. The summed E-state index contributed by atoms with van der Waals surface area (Å²) in [5, 5.41) is 6.14. The average Bonchev–Trinajstić information content (AvgIpc) is 2.79. The van der Waals surface area contributed by atoms with Gasteiger partial charge in [0.25, 0.3) is 5.91 Å². The number of hydrogen-bond acceptors (Lipinski definition) is 2. The number of benzene rings is 4. The number of carbonyl (C=O) groups excluding carboxylic acids is 1. The topological polar surface area (TPSA) is 42.0 Å². The minimum atomic E-state index is -0.132. The van der Waals surface area contributed by atoms with Gasteiger partial charge < -0.3 is 5.32 Å². The van der Waals surface area contributed by atoms with Crippen LogP contribution in [-0.4, -0.2) is 10.9 Å². The molecule has 0 bridgehead atoms. The summed E-state index contributed by atoms with van der Waals surface area (Å²) in [6, 6.07) is 28.4. The van der Waals surface area contributed by atoms with Crippen molar-refractivity contribution in [1.29, 1.82) is 0 Å². The van der Waals surface area contributed by atoms with Gasteiger partial charge in [-0.15, -0.1) is 0 Å². The number of rotatable bonds is 3. The van der Waals surface area contributed by atoms with Crippen molar-refractivity contribution in [3.8, 4) is 11.3 Å². The van der Waals surface area contributed by atoms with Crippen LogP contribution in [0, 0.1) is 20.8 Å². The fraction of sp³-hybridized carbons (Fsp3) is 0.103. The second kappa shape index (κ2) is 7.93. The minimum absolute atomic E-state index is 0.132. The van der Waals surface area contributed by atoms with Gasteiger partial charge in [-0.3, -0.25) is 4.79 Å². The van der Waals surface area contributed by atoms with Gasteiger partial charge in [-0.1, -0.05) is 77.9 Å². The molecule has 0 fully saturated rings. The summed E-state index contributed by atoms with van der Waals surface area (Å²) < 4.78 is 0. The van der Waals surface area contributed by atoms with E-state index in [9.17, 15) is 4.79 Å². The maximum atomic E-state index is 13.6. The van der Waals surface area contributed by atoms with Crippen molar-refractivity contribution in [1.82, 2.24) is 4.98 Å². The van der Waals surface area contributed by atoms with E-state index in [1.54, 1.807) is 0 Å². The van der Waals surface area contributed by atoms with Crippen LogP contribution >= 0.6 is 0 Å². The first-order chi connectivity index (χ1) is 15.5. The third-order valence-electron chi connectivity index (χ3n) is 5.88. The van der Waals surface area contributed by atoms with Crippen molar-refractivity contribution in [2.24, 2.45) is 0 Å². The van der Waals surface area contributed by atoms with Crippen LogP contribution in [0.25, 0.3) is 32.9 Å². The largest absolute Gasteiger partial charge is 0.321 e. The molecular weight excluding hydrogens is 392 g/mol. The Kier molecular flexibility index (Phi) is 4.95. The lowest BCUT2D eigenvalue weighted by Crippen LogP contribution is -2.13. The quantitative estimate of drug-likeness (QED) is 0.337. The van der Waals surface area contributed by atoms with Gasteiger partial charge in [-0.05, 0) is 49.9 Å². The van der Waals surface area contributed by atoms with E-state index < -0.39 is 0 Å². The predicted molar refractivity (Wildman–Crippen MR) is 133 cm³/mol. The van der Waals surface area contributed by atoms with Gasteiger partial charge in [0.05, 0.1) is 16.8 Å². The highest BCUT2D eigenvalue weighted by Gasteiger charge is 2.17. The summed E-state index contributed by atoms with van der Waals surface area (Å²) in [6.45, 7) is 6.16. The second-order valence-electron chi connectivity index (χ2n) is 8.38. The Bertz CT molecular complexity index is 1480. The van der Waals surface area contributed by atoms with Gasteiger partial charge in [0, 0.05) is 22.0 Å². The summed E-state index contributed by atoms with van der Waals surface area (Å²) in [5.41, 5.74) is 7.45. The number of hydrogen-bond donors (Lipinski definition) is 1. The zero-order valence-electron chi connectivity index (χ0n) is 18.4. The van der Waals surface area contributed by atoms with E-state index in [0.717, 1.165) is 49.7 Å². The van der Waals surface area contributed by atoms with Crippen LogP contribution in [0.5, 0.6) is 0 Å². The molecule has 0 aliphatic carbocycles. The highest BCUT2D eigenvalue weighted by Crippen LogP contribution is 2.30. The molecule has 156 valence electrons. The van der Waals surface area contributed by atoms with Gasteiger partial charge in [0.15, 0.2) is 0 Å². The minimum Gasteiger partial charge on any atom is -0.321 e. The number of nitrogens with one attached hydrogen (secondary N) is 1.